The molecule has 0 fully saturated rings. The minimum absolute atomic E-state index is 0.0956. The largest absolute Gasteiger partial charge is 0.505 e. The predicted molar refractivity (Wildman–Crippen MR) is 103 cm³/mol. The Morgan fingerprint density at radius 1 is 1.04 bits per heavy atom. The van der Waals surface area contributed by atoms with Gasteiger partial charge in [-0.2, -0.15) is 0 Å². The SMILES string of the molecule is Nc1cccc(C(=O)Nc2ccc(Oc3ccc(Cl)cc3Cl)cc2)c1O. The van der Waals surface area contributed by atoms with Gasteiger partial charge in [-0.1, -0.05) is 29.3 Å². The third kappa shape index (κ3) is 4.02. The van der Waals surface area contributed by atoms with Gasteiger partial charge in [0.1, 0.15) is 11.5 Å². The summed E-state index contributed by atoms with van der Waals surface area (Å²) in [4.78, 5) is 12.3. The highest BCUT2D eigenvalue weighted by atomic mass is 35.5. The lowest BCUT2D eigenvalue weighted by Gasteiger charge is -2.10. The Morgan fingerprint density at radius 3 is 2.46 bits per heavy atom. The van der Waals surface area contributed by atoms with E-state index in [2.05, 4.69) is 5.32 Å². The second-order valence-electron chi connectivity index (χ2n) is 5.40. The molecule has 5 nitrogen and oxygen atoms in total. The molecule has 0 aliphatic rings. The molecule has 0 atom stereocenters. The van der Waals surface area contributed by atoms with Crippen molar-refractivity contribution >= 4 is 40.5 Å². The lowest BCUT2D eigenvalue weighted by atomic mass is 10.1. The van der Waals surface area contributed by atoms with Gasteiger partial charge < -0.3 is 20.9 Å². The number of ether oxygens (including phenoxy) is 1. The molecule has 0 unspecified atom stereocenters. The Kier molecular flexibility index (Phi) is 5.21. The average molecular weight is 389 g/mol. The minimum atomic E-state index is -0.468. The third-order valence-corrected chi connectivity index (χ3v) is 4.08. The molecule has 4 N–H and O–H groups in total. The quantitative estimate of drug-likeness (QED) is 0.416. The summed E-state index contributed by atoms with van der Waals surface area (Å²) in [6.07, 6.45) is 0. The summed E-state index contributed by atoms with van der Waals surface area (Å²) in [6.45, 7) is 0. The summed E-state index contributed by atoms with van der Waals surface area (Å²) in [5.74, 6) is 0.295. The number of phenols is 1. The van der Waals surface area contributed by atoms with Crippen molar-refractivity contribution in [2.75, 3.05) is 11.1 Å². The number of hydrogen-bond donors (Lipinski definition) is 3. The molecule has 132 valence electrons. The van der Waals surface area contributed by atoms with Crippen LogP contribution in [0.4, 0.5) is 11.4 Å². The van der Waals surface area contributed by atoms with Crippen molar-refractivity contribution in [1.82, 2.24) is 0 Å². The monoisotopic (exact) mass is 388 g/mol. The van der Waals surface area contributed by atoms with Crippen molar-refractivity contribution < 1.29 is 14.6 Å². The number of halogens is 2. The number of phenolic OH excluding ortho intramolecular Hbond substituents is 1. The van der Waals surface area contributed by atoms with Gasteiger partial charge in [0, 0.05) is 10.7 Å². The number of nitrogens with one attached hydrogen (secondary N) is 1. The van der Waals surface area contributed by atoms with E-state index in [1.165, 1.54) is 12.1 Å². The highest BCUT2D eigenvalue weighted by Gasteiger charge is 2.13. The molecule has 0 aromatic heterocycles. The van der Waals surface area contributed by atoms with Crippen LogP contribution < -0.4 is 15.8 Å². The van der Waals surface area contributed by atoms with Crippen molar-refractivity contribution in [3.8, 4) is 17.2 Å². The molecule has 1 amide bonds. The standard InChI is InChI=1S/C19H14Cl2N2O3/c20-11-4-9-17(15(21)10-11)26-13-7-5-12(6-8-13)23-19(25)14-2-1-3-16(22)18(14)24/h1-10,24H,22H2,(H,23,25). The van der Waals surface area contributed by atoms with Crippen LogP contribution in [0.2, 0.25) is 10.0 Å². The van der Waals surface area contributed by atoms with Crippen molar-refractivity contribution in [3.05, 3.63) is 76.3 Å². The van der Waals surface area contributed by atoms with Crippen LogP contribution in [0.25, 0.3) is 0 Å². The number of benzene rings is 3. The van der Waals surface area contributed by atoms with Crippen LogP contribution in [0.1, 0.15) is 10.4 Å². The first kappa shape index (κ1) is 17.9. The predicted octanol–water partition coefficient (Wildman–Crippen LogP) is 5.33. The summed E-state index contributed by atoms with van der Waals surface area (Å²) >= 11 is 11.9. The number of amides is 1. The fraction of sp³-hybridized carbons (Fsp3) is 0. The zero-order valence-electron chi connectivity index (χ0n) is 13.4. The number of rotatable bonds is 4. The highest BCUT2D eigenvalue weighted by Crippen LogP contribution is 2.32. The maximum atomic E-state index is 12.3. The average Bonchev–Trinajstić information content (AvgIpc) is 2.61. The van der Waals surface area contributed by atoms with Crippen LogP contribution in [-0.2, 0) is 0 Å². The number of aromatic hydroxyl groups is 1. The van der Waals surface area contributed by atoms with E-state index in [0.29, 0.717) is 27.2 Å². The van der Waals surface area contributed by atoms with E-state index in [4.69, 9.17) is 33.7 Å². The van der Waals surface area contributed by atoms with Gasteiger partial charge in [-0.15, -0.1) is 0 Å². The van der Waals surface area contributed by atoms with E-state index >= 15 is 0 Å². The smallest absolute Gasteiger partial charge is 0.259 e. The van der Waals surface area contributed by atoms with Gasteiger partial charge in [0.2, 0.25) is 0 Å². The van der Waals surface area contributed by atoms with E-state index in [0.717, 1.165) is 0 Å². The van der Waals surface area contributed by atoms with Crippen LogP contribution in [0.5, 0.6) is 17.2 Å². The minimum Gasteiger partial charge on any atom is -0.505 e. The fourth-order valence-electron chi connectivity index (χ4n) is 2.23. The van der Waals surface area contributed by atoms with Gasteiger partial charge in [-0.3, -0.25) is 4.79 Å². The highest BCUT2D eigenvalue weighted by molar-refractivity contribution is 6.35. The summed E-state index contributed by atoms with van der Waals surface area (Å²) < 4.78 is 5.68. The second kappa shape index (κ2) is 7.56. The molecule has 3 rings (SSSR count). The second-order valence-corrected chi connectivity index (χ2v) is 6.24. The van der Waals surface area contributed by atoms with E-state index in [-0.39, 0.29) is 17.0 Å². The van der Waals surface area contributed by atoms with Crippen LogP contribution in [0.3, 0.4) is 0 Å². The van der Waals surface area contributed by atoms with Crippen LogP contribution in [-0.4, -0.2) is 11.0 Å². The van der Waals surface area contributed by atoms with Crippen molar-refractivity contribution in [3.63, 3.8) is 0 Å². The molecule has 7 heteroatoms. The molecular weight excluding hydrogens is 375 g/mol. The van der Waals surface area contributed by atoms with Crippen molar-refractivity contribution in [2.24, 2.45) is 0 Å². The lowest BCUT2D eigenvalue weighted by molar-refractivity contribution is 0.102. The molecule has 0 aliphatic carbocycles. The Balaban J connectivity index is 1.71. The maximum Gasteiger partial charge on any atom is 0.259 e. The number of para-hydroxylation sites is 1. The Hall–Kier alpha value is -2.89. The van der Waals surface area contributed by atoms with Gasteiger partial charge >= 0.3 is 0 Å². The van der Waals surface area contributed by atoms with Crippen molar-refractivity contribution in [2.45, 2.75) is 0 Å². The first-order valence-corrected chi connectivity index (χ1v) is 8.31. The summed E-state index contributed by atoms with van der Waals surface area (Å²) in [7, 11) is 0. The molecule has 0 aliphatic heterocycles. The summed E-state index contributed by atoms with van der Waals surface area (Å²) in [5.41, 5.74) is 6.37. The first-order valence-electron chi connectivity index (χ1n) is 7.56. The Bertz CT molecular complexity index is 959. The van der Waals surface area contributed by atoms with Gasteiger partial charge in [-0.25, -0.2) is 0 Å². The molecule has 3 aromatic rings. The van der Waals surface area contributed by atoms with Gasteiger partial charge in [-0.05, 0) is 54.6 Å². The number of nitrogen functional groups attached to an aromatic ring is 1. The van der Waals surface area contributed by atoms with E-state index in [1.807, 2.05) is 0 Å². The van der Waals surface area contributed by atoms with E-state index < -0.39 is 5.91 Å². The number of nitrogens with two attached hydrogens (primary N) is 1. The van der Waals surface area contributed by atoms with Crippen LogP contribution in [0, 0.1) is 0 Å². The molecule has 0 saturated heterocycles. The number of carbonyl (C=O) groups excluding carboxylic acids is 1. The maximum absolute atomic E-state index is 12.3. The normalized spacial score (nSPS) is 10.4. The summed E-state index contributed by atoms with van der Waals surface area (Å²) in [5, 5.41) is 13.5. The van der Waals surface area contributed by atoms with Gasteiger partial charge in [0.25, 0.3) is 5.91 Å². The zero-order chi connectivity index (χ0) is 18.7. The van der Waals surface area contributed by atoms with Crippen LogP contribution in [0.15, 0.2) is 60.7 Å². The Labute approximate surface area is 159 Å². The van der Waals surface area contributed by atoms with Gasteiger partial charge in [0.05, 0.1) is 16.3 Å². The first-order chi connectivity index (χ1) is 12.4. The summed E-state index contributed by atoms with van der Waals surface area (Å²) in [6, 6.07) is 16.2. The number of carbonyl (C=O) groups is 1. The Morgan fingerprint density at radius 2 is 1.77 bits per heavy atom. The van der Waals surface area contributed by atoms with Crippen LogP contribution >= 0.6 is 23.2 Å². The molecule has 0 bridgehead atoms. The molecule has 0 radical (unpaired) electrons. The topological polar surface area (TPSA) is 84.6 Å². The zero-order valence-corrected chi connectivity index (χ0v) is 14.9. The molecule has 3 aromatic carbocycles. The molecular formula is C19H14Cl2N2O3. The lowest BCUT2D eigenvalue weighted by Crippen LogP contribution is -2.12. The van der Waals surface area contributed by atoms with Crippen molar-refractivity contribution in [1.29, 1.82) is 0 Å². The number of hydrogen-bond acceptors (Lipinski definition) is 4. The van der Waals surface area contributed by atoms with E-state index in [1.54, 1.807) is 48.5 Å². The molecule has 26 heavy (non-hydrogen) atoms. The third-order valence-electron chi connectivity index (χ3n) is 3.55. The molecule has 0 saturated carbocycles. The fourth-order valence-corrected chi connectivity index (χ4v) is 2.68. The van der Waals surface area contributed by atoms with Gasteiger partial charge in [0.15, 0.2) is 5.75 Å². The van der Waals surface area contributed by atoms with E-state index in [9.17, 15) is 9.90 Å². The number of anilines is 2. The molecule has 0 spiro atoms. The molecule has 0 heterocycles.